The fourth-order valence-corrected chi connectivity index (χ4v) is 1.53. The molecule has 25 heavy (non-hydrogen) atoms. The van der Waals surface area contributed by atoms with Crippen molar-refractivity contribution in [1.82, 2.24) is 10.6 Å². The zero-order valence-electron chi connectivity index (χ0n) is 12.6. The van der Waals surface area contributed by atoms with Crippen molar-refractivity contribution in [3.8, 4) is 5.75 Å². The third-order valence-electron chi connectivity index (χ3n) is 2.66. The fourth-order valence-electron chi connectivity index (χ4n) is 1.53. The Morgan fingerprint density at radius 3 is 2.16 bits per heavy atom. The molecule has 1 unspecified atom stereocenters. The average Bonchev–Trinajstić information content (AvgIpc) is 2.50. The van der Waals surface area contributed by atoms with E-state index >= 15 is 0 Å². The molecule has 0 heterocycles. The minimum atomic E-state index is -4.61. The number of carboxylic acid groups (broad SMARTS) is 1. The van der Waals surface area contributed by atoms with Crippen LogP contribution in [-0.2, 0) is 14.4 Å². The number of nitrogens with one attached hydrogen (secondary N) is 2. The van der Waals surface area contributed by atoms with Gasteiger partial charge < -0.3 is 20.5 Å². The Bertz CT molecular complexity index is 619. The molecular formula is C14H14F4N2O5. The van der Waals surface area contributed by atoms with Crippen LogP contribution in [0.25, 0.3) is 0 Å². The van der Waals surface area contributed by atoms with Gasteiger partial charge in [-0.3, -0.25) is 9.59 Å². The van der Waals surface area contributed by atoms with Crippen molar-refractivity contribution in [3.63, 3.8) is 0 Å². The number of hydrogen-bond donors (Lipinski definition) is 3. The van der Waals surface area contributed by atoms with Crippen LogP contribution in [0.1, 0.15) is 6.42 Å². The van der Waals surface area contributed by atoms with Crippen LogP contribution in [0.15, 0.2) is 24.3 Å². The molecule has 2 amide bonds. The first-order valence-electron chi connectivity index (χ1n) is 6.82. The minimum absolute atomic E-state index is 0.0333. The molecule has 11 heteroatoms. The van der Waals surface area contributed by atoms with E-state index in [0.717, 1.165) is 12.1 Å². The molecule has 0 radical (unpaired) electrons. The van der Waals surface area contributed by atoms with Crippen LogP contribution in [0.4, 0.5) is 17.6 Å². The van der Waals surface area contributed by atoms with E-state index in [4.69, 9.17) is 9.84 Å². The summed E-state index contributed by atoms with van der Waals surface area (Å²) in [6.45, 7) is -2.12. The maximum Gasteiger partial charge on any atom is 0.405 e. The maximum absolute atomic E-state index is 12.8. The highest BCUT2D eigenvalue weighted by Gasteiger charge is 2.28. The highest BCUT2D eigenvalue weighted by atomic mass is 19.4. The van der Waals surface area contributed by atoms with Gasteiger partial charge in [-0.25, -0.2) is 9.18 Å². The van der Waals surface area contributed by atoms with Crippen LogP contribution < -0.4 is 15.4 Å². The quantitative estimate of drug-likeness (QED) is 0.467. The van der Waals surface area contributed by atoms with Crippen LogP contribution in [0.3, 0.4) is 0 Å². The lowest BCUT2D eigenvalue weighted by molar-refractivity contribution is -0.145. The van der Waals surface area contributed by atoms with Gasteiger partial charge in [0.1, 0.15) is 24.5 Å². The third kappa shape index (κ3) is 8.53. The largest absolute Gasteiger partial charge is 0.478 e. The number of aliphatic carboxylic acids is 1. The fraction of sp³-hybridized carbons (Fsp3) is 0.357. The molecule has 3 N–H and O–H groups in total. The molecule has 0 aliphatic rings. The van der Waals surface area contributed by atoms with Crippen LogP contribution in [-0.4, -0.2) is 48.3 Å². The molecule has 0 aliphatic heterocycles. The second-order valence-corrected chi connectivity index (χ2v) is 4.77. The molecule has 0 spiro atoms. The van der Waals surface area contributed by atoms with E-state index < -0.39 is 55.4 Å². The Hall–Kier alpha value is -2.85. The summed E-state index contributed by atoms with van der Waals surface area (Å²) in [7, 11) is 0. The second-order valence-electron chi connectivity index (χ2n) is 4.77. The summed E-state index contributed by atoms with van der Waals surface area (Å²) >= 11 is 0. The van der Waals surface area contributed by atoms with Crippen LogP contribution in [0.5, 0.6) is 5.75 Å². The summed E-state index contributed by atoms with van der Waals surface area (Å²) < 4.78 is 53.5. The number of carbonyl (C=O) groups is 3. The molecule has 138 valence electrons. The monoisotopic (exact) mass is 366 g/mol. The lowest BCUT2D eigenvalue weighted by Gasteiger charge is -2.16. The van der Waals surface area contributed by atoms with Gasteiger partial charge in [0.25, 0.3) is 0 Å². The first kappa shape index (κ1) is 20.2. The van der Waals surface area contributed by atoms with E-state index in [1.54, 1.807) is 0 Å². The average molecular weight is 366 g/mol. The van der Waals surface area contributed by atoms with Gasteiger partial charge in [0.05, 0.1) is 6.54 Å². The molecule has 0 saturated heterocycles. The lowest BCUT2D eigenvalue weighted by Crippen LogP contribution is -2.42. The molecule has 7 nitrogen and oxygen atoms in total. The third-order valence-corrected chi connectivity index (χ3v) is 2.66. The molecule has 0 fully saturated rings. The summed E-state index contributed by atoms with van der Waals surface area (Å²) in [5, 5.41) is 12.6. The zero-order valence-corrected chi connectivity index (χ0v) is 12.6. The van der Waals surface area contributed by atoms with Gasteiger partial charge in [0.15, 0.2) is 0 Å². The van der Waals surface area contributed by atoms with Crippen molar-refractivity contribution in [2.75, 3.05) is 13.1 Å². The van der Waals surface area contributed by atoms with Crippen LogP contribution >= 0.6 is 0 Å². The summed E-state index contributed by atoms with van der Waals surface area (Å²) in [6, 6.07) is 4.44. The maximum atomic E-state index is 12.8. The van der Waals surface area contributed by atoms with Crippen molar-refractivity contribution in [2.24, 2.45) is 0 Å². The van der Waals surface area contributed by atoms with Crippen molar-refractivity contribution in [1.29, 1.82) is 0 Å². The van der Waals surface area contributed by atoms with Gasteiger partial charge in [-0.1, -0.05) is 0 Å². The summed E-state index contributed by atoms with van der Waals surface area (Å²) in [5.41, 5.74) is 0. The second kappa shape index (κ2) is 8.85. The molecule has 0 saturated carbocycles. The van der Waals surface area contributed by atoms with E-state index in [1.807, 2.05) is 0 Å². The van der Waals surface area contributed by atoms with Gasteiger partial charge >= 0.3 is 12.1 Å². The number of benzene rings is 1. The Balaban J connectivity index is 2.46. The van der Waals surface area contributed by atoms with Gasteiger partial charge in [-0.15, -0.1) is 0 Å². The van der Waals surface area contributed by atoms with Gasteiger partial charge in [-0.2, -0.15) is 13.2 Å². The molecule has 0 aliphatic carbocycles. The van der Waals surface area contributed by atoms with Crippen molar-refractivity contribution >= 4 is 17.8 Å². The van der Waals surface area contributed by atoms with Crippen molar-refractivity contribution < 1.29 is 41.8 Å². The first-order valence-corrected chi connectivity index (χ1v) is 6.82. The lowest BCUT2D eigenvalue weighted by atomic mass is 10.3. The number of alkyl halides is 3. The summed E-state index contributed by atoms with van der Waals surface area (Å²) in [6.07, 6.45) is -7.05. The SMILES string of the molecule is O=C(CC(=O)NCC(F)(F)F)NCC(Oc1ccc(F)cc1)C(=O)O. The Morgan fingerprint density at radius 2 is 1.64 bits per heavy atom. The number of rotatable bonds is 8. The first-order chi connectivity index (χ1) is 11.6. The van der Waals surface area contributed by atoms with Gasteiger partial charge in [0, 0.05) is 0 Å². The molecule has 1 aromatic rings. The highest BCUT2D eigenvalue weighted by molar-refractivity contribution is 5.97. The molecule has 1 atom stereocenters. The van der Waals surface area contributed by atoms with E-state index in [9.17, 15) is 31.9 Å². The van der Waals surface area contributed by atoms with E-state index in [1.165, 1.54) is 17.4 Å². The van der Waals surface area contributed by atoms with Crippen LogP contribution in [0, 0.1) is 5.82 Å². The van der Waals surface area contributed by atoms with Gasteiger partial charge in [0.2, 0.25) is 17.9 Å². The van der Waals surface area contributed by atoms with Gasteiger partial charge in [-0.05, 0) is 24.3 Å². The predicted molar refractivity (Wildman–Crippen MR) is 75.1 cm³/mol. The molecule has 1 aromatic carbocycles. The number of carboxylic acids is 1. The van der Waals surface area contributed by atoms with E-state index in [0.29, 0.717) is 0 Å². The number of ether oxygens (including phenoxy) is 1. The standard InChI is InChI=1S/C14H14F4N2O5/c15-8-1-3-9(4-2-8)25-10(13(23)24)6-19-11(21)5-12(22)20-7-14(16,17)18/h1-4,10H,5-7H2,(H,19,21)(H,20,22)(H,23,24). The zero-order chi connectivity index (χ0) is 19.0. The highest BCUT2D eigenvalue weighted by Crippen LogP contribution is 2.13. The summed E-state index contributed by atoms with van der Waals surface area (Å²) in [4.78, 5) is 33.7. The number of hydrogen-bond acceptors (Lipinski definition) is 4. The van der Waals surface area contributed by atoms with Crippen molar-refractivity contribution in [3.05, 3.63) is 30.1 Å². The van der Waals surface area contributed by atoms with E-state index in [2.05, 4.69) is 5.32 Å². The van der Waals surface area contributed by atoms with Crippen molar-refractivity contribution in [2.45, 2.75) is 18.7 Å². The molecule has 0 bridgehead atoms. The topological polar surface area (TPSA) is 105 Å². The molecule has 1 rings (SSSR count). The smallest absolute Gasteiger partial charge is 0.405 e. The number of halogens is 4. The Labute approximate surface area is 139 Å². The predicted octanol–water partition coefficient (Wildman–Crippen LogP) is 0.842. The number of carbonyl (C=O) groups excluding carboxylic acids is 2. The minimum Gasteiger partial charge on any atom is -0.478 e. The number of amides is 2. The van der Waals surface area contributed by atoms with Crippen LogP contribution in [0.2, 0.25) is 0 Å². The molecular weight excluding hydrogens is 352 g/mol. The normalized spacial score (nSPS) is 12.2. The summed E-state index contributed by atoms with van der Waals surface area (Å²) in [5.74, 6) is -4.11. The Morgan fingerprint density at radius 1 is 1.08 bits per heavy atom. The Kier molecular flexibility index (Phi) is 7.15. The van der Waals surface area contributed by atoms with E-state index in [-0.39, 0.29) is 5.75 Å². The molecule has 0 aromatic heterocycles.